The van der Waals surface area contributed by atoms with E-state index in [1.807, 2.05) is 30.5 Å². The van der Waals surface area contributed by atoms with Crippen LogP contribution in [0.15, 0.2) is 36.5 Å². The van der Waals surface area contributed by atoms with Crippen molar-refractivity contribution < 1.29 is 9.18 Å². The number of likely N-dealkylation sites (tertiary alicyclic amines) is 2. The van der Waals surface area contributed by atoms with Crippen LogP contribution in [-0.2, 0) is 4.79 Å². The molecule has 7 heteroatoms. The minimum absolute atomic E-state index is 0.0469. The summed E-state index contributed by atoms with van der Waals surface area (Å²) in [4.78, 5) is 22.9. The standard InChI is InChI=1S/C22H26FN5O/c1-26(20-10-16-4-2-3-5-21(16)25-13-20)18-6-8-27(9-7-18)15-22(29)28-14-17(23)11-19(28)12-24/h2-5,10,13,17-19H,6-9,11,14-15H2,1H3/t17-,19?/m0/s1. The van der Waals surface area contributed by atoms with Crippen LogP contribution in [0.1, 0.15) is 19.3 Å². The van der Waals surface area contributed by atoms with Gasteiger partial charge < -0.3 is 9.80 Å². The number of hydrogen-bond donors (Lipinski definition) is 0. The number of carbonyl (C=O) groups excluding carboxylic acids is 1. The normalized spacial score (nSPS) is 23.3. The first-order chi connectivity index (χ1) is 14.0. The molecule has 2 aliphatic rings. The number of rotatable bonds is 4. The van der Waals surface area contributed by atoms with Crippen LogP contribution in [0.2, 0.25) is 0 Å². The molecule has 0 bridgehead atoms. The maximum atomic E-state index is 13.6. The lowest BCUT2D eigenvalue weighted by atomic mass is 10.0. The zero-order valence-corrected chi connectivity index (χ0v) is 16.7. The van der Waals surface area contributed by atoms with Gasteiger partial charge in [0.25, 0.3) is 0 Å². The van der Waals surface area contributed by atoms with Crippen molar-refractivity contribution in [3.05, 3.63) is 36.5 Å². The maximum Gasteiger partial charge on any atom is 0.237 e. The second-order valence-electron chi connectivity index (χ2n) is 8.03. The molecule has 29 heavy (non-hydrogen) atoms. The Hall–Kier alpha value is -2.72. The third-order valence-corrected chi connectivity index (χ3v) is 6.17. The van der Waals surface area contributed by atoms with Crippen LogP contribution < -0.4 is 4.90 Å². The van der Waals surface area contributed by atoms with E-state index in [0.29, 0.717) is 6.04 Å². The molecule has 0 spiro atoms. The first-order valence-corrected chi connectivity index (χ1v) is 10.2. The van der Waals surface area contributed by atoms with Crippen LogP contribution in [0.3, 0.4) is 0 Å². The summed E-state index contributed by atoms with van der Waals surface area (Å²) in [5, 5.41) is 10.3. The van der Waals surface area contributed by atoms with Crippen LogP contribution in [0.5, 0.6) is 0 Å². The van der Waals surface area contributed by atoms with E-state index in [-0.39, 0.29) is 25.4 Å². The Bertz CT molecular complexity index is 921. The number of carbonyl (C=O) groups is 1. The molecule has 152 valence electrons. The molecule has 2 aromatic rings. The Kier molecular flexibility index (Phi) is 5.63. The average molecular weight is 395 g/mol. The van der Waals surface area contributed by atoms with Crippen LogP contribution in [0.25, 0.3) is 10.9 Å². The number of fused-ring (bicyclic) bond motifs is 1. The molecule has 1 unspecified atom stereocenters. The van der Waals surface area contributed by atoms with E-state index >= 15 is 0 Å². The molecular formula is C22H26FN5O. The van der Waals surface area contributed by atoms with Gasteiger partial charge in [-0.15, -0.1) is 0 Å². The minimum atomic E-state index is -1.08. The number of aromatic nitrogens is 1. The van der Waals surface area contributed by atoms with Crippen LogP contribution in [-0.4, -0.2) is 72.2 Å². The molecule has 0 N–H and O–H groups in total. The van der Waals surface area contributed by atoms with Gasteiger partial charge in [0.05, 0.1) is 36.6 Å². The number of alkyl halides is 1. The molecule has 2 saturated heterocycles. The van der Waals surface area contributed by atoms with Crippen LogP contribution in [0.4, 0.5) is 10.1 Å². The third-order valence-electron chi connectivity index (χ3n) is 6.17. The largest absolute Gasteiger partial charge is 0.370 e. The van der Waals surface area contributed by atoms with Gasteiger partial charge in [-0.2, -0.15) is 5.26 Å². The summed E-state index contributed by atoms with van der Waals surface area (Å²) in [6, 6.07) is 12.1. The van der Waals surface area contributed by atoms with E-state index in [4.69, 9.17) is 5.26 Å². The molecule has 1 aromatic carbocycles. The smallest absolute Gasteiger partial charge is 0.237 e. The van der Waals surface area contributed by atoms with Gasteiger partial charge in [-0.3, -0.25) is 14.7 Å². The summed E-state index contributed by atoms with van der Waals surface area (Å²) < 4.78 is 13.6. The van der Waals surface area contributed by atoms with E-state index in [0.717, 1.165) is 42.5 Å². The highest BCUT2D eigenvalue weighted by atomic mass is 19.1. The summed E-state index contributed by atoms with van der Waals surface area (Å²) in [6.45, 7) is 1.93. The van der Waals surface area contributed by atoms with E-state index in [1.54, 1.807) is 0 Å². The maximum absolute atomic E-state index is 13.6. The van der Waals surface area contributed by atoms with Crippen molar-refractivity contribution in [2.75, 3.05) is 38.1 Å². The number of nitrogens with zero attached hydrogens (tertiary/aromatic N) is 5. The number of amides is 1. The van der Waals surface area contributed by atoms with E-state index in [2.05, 4.69) is 34.0 Å². The summed E-state index contributed by atoms with van der Waals surface area (Å²) in [6.07, 6.45) is 2.86. The lowest BCUT2D eigenvalue weighted by Gasteiger charge is -2.38. The van der Waals surface area contributed by atoms with Crippen LogP contribution >= 0.6 is 0 Å². The monoisotopic (exact) mass is 395 g/mol. The fourth-order valence-corrected chi connectivity index (χ4v) is 4.39. The molecule has 0 radical (unpaired) electrons. The van der Waals surface area contributed by atoms with Crippen LogP contribution in [0, 0.1) is 11.3 Å². The van der Waals surface area contributed by atoms with Gasteiger partial charge >= 0.3 is 0 Å². The predicted molar refractivity (Wildman–Crippen MR) is 110 cm³/mol. The zero-order valence-electron chi connectivity index (χ0n) is 16.7. The Labute approximate surface area is 170 Å². The number of anilines is 1. The fourth-order valence-electron chi connectivity index (χ4n) is 4.39. The van der Waals surface area contributed by atoms with E-state index < -0.39 is 12.2 Å². The molecule has 6 nitrogen and oxygen atoms in total. The van der Waals surface area contributed by atoms with Crippen molar-refractivity contribution in [3.8, 4) is 6.07 Å². The Morgan fingerprint density at radius 1 is 1.34 bits per heavy atom. The molecule has 3 heterocycles. The highest BCUT2D eigenvalue weighted by molar-refractivity contribution is 5.81. The van der Waals surface area contributed by atoms with Gasteiger partial charge in [0.1, 0.15) is 12.2 Å². The molecule has 4 rings (SSSR count). The summed E-state index contributed by atoms with van der Waals surface area (Å²) >= 11 is 0. The van der Waals surface area contributed by atoms with E-state index in [9.17, 15) is 9.18 Å². The van der Waals surface area contributed by atoms with Gasteiger partial charge in [-0.25, -0.2) is 4.39 Å². The quantitative estimate of drug-likeness (QED) is 0.796. The zero-order chi connectivity index (χ0) is 20.4. The van der Waals surface area contributed by atoms with Crippen molar-refractivity contribution in [2.24, 2.45) is 0 Å². The average Bonchev–Trinajstić information content (AvgIpc) is 3.14. The van der Waals surface area contributed by atoms with Gasteiger partial charge in [0.15, 0.2) is 0 Å². The second-order valence-corrected chi connectivity index (χ2v) is 8.03. The number of benzene rings is 1. The van der Waals surface area contributed by atoms with Crippen molar-refractivity contribution in [1.82, 2.24) is 14.8 Å². The number of hydrogen-bond acceptors (Lipinski definition) is 5. The van der Waals surface area contributed by atoms with Gasteiger partial charge in [0, 0.05) is 38.0 Å². The molecule has 1 amide bonds. The van der Waals surface area contributed by atoms with Crippen molar-refractivity contribution in [2.45, 2.75) is 37.5 Å². The number of para-hydroxylation sites is 1. The number of nitriles is 1. The molecule has 0 saturated carbocycles. The van der Waals surface area contributed by atoms with Gasteiger partial charge in [0.2, 0.25) is 5.91 Å². The molecule has 2 fully saturated rings. The van der Waals surface area contributed by atoms with Crippen molar-refractivity contribution in [1.29, 1.82) is 5.26 Å². The van der Waals surface area contributed by atoms with Gasteiger partial charge in [-0.05, 0) is 25.0 Å². The molecule has 2 atom stereocenters. The van der Waals surface area contributed by atoms with E-state index in [1.165, 1.54) is 4.90 Å². The lowest BCUT2D eigenvalue weighted by Crippen LogP contribution is -2.48. The first kappa shape index (κ1) is 19.6. The summed E-state index contributed by atoms with van der Waals surface area (Å²) in [7, 11) is 2.10. The van der Waals surface area contributed by atoms with Crippen molar-refractivity contribution >= 4 is 22.5 Å². The number of piperidine rings is 1. The Morgan fingerprint density at radius 2 is 2.10 bits per heavy atom. The second kappa shape index (κ2) is 8.34. The predicted octanol–water partition coefficient (Wildman–Crippen LogP) is 2.60. The van der Waals surface area contributed by atoms with Gasteiger partial charge in [-0.1, -0.05) is 18.2 Å². The molecular weight excluding hydrogens is 369 g/mol. The summed E-state index contributed by atoms with van der Waals surface area (Å²) in [5.41, 5.74) is 2.09. The Balaban J connectivity index is 1.33. The Morgan fingerprint density at radius 3 is 2.86 bits per heavy atom. The molecule has 1 aromatic heterocycles. The first-order valence-electron chi connectivity index (χ1n) is 10.2. The number of pyridine rings is 1. The number of halogens is 1. The molecule has 0 aliphatic carbocycles. The summed E-state index contributed by atoms with van der Waals surface area (Å²) in [5.74, 6) is -0.137. The SMILES string of the molecule is CN(c1cnc2ccccc2c1)C1CCN(CC(=O)N2C[C@@H](F)CC2C#N)CC1. The fraction of sp³-hybridized carbons (Fsp3) is 0.500. The highest BCUT2D eigenvalue weighted by Crippen LogP contribution is 2.25. The minimum Gasteiger partial charge on any atom is -0.370 e. The highest BCUT2D eigenvalue weighted by Gasteiger charge is 2.36. The topological polar surface area (TPSA) is 63.5 Å². The third kappa shape index (κ3) is 4.18. The lowest BCUT2D eigenvalue weighted by molar-refractivity contribution is -0.132. The molecule has 2 aliphatic heterocycles. The van der Waals surface area contributed by atoms with Crippen molar-refractivity contribution in [3.63, 3.8) is 0 Å².